The van der Waals surface area contributed by atoms with Crippen molar-refractivity contribution in [3.05, 3.63) is 41.7 Å². The molecule has 26 heavy (non-hydrogen) atoms. The van der Waals surface area contributed by atoms with Crippen molar-refractivity contribution in [1.29, 1.82) is 0 Å². The van der Waals surface area contributed by atoms with Crippen molar-refractivity contribution in [2.75, 3.05) is 13.2 Å². The summed E-state index contributed by atoms with van der Waals surface area (Å²) in [5.41, 5.74) is 0.870. The van der Waals surface area contributed by atoms with E-state index >= 15 is 0 Å². The number of hydrogen-bond donors (Lipinski definition) is 0. The summed E-state index contributed by atoms with van der Waals surface area (Å²) >= 11 is 0. The van der Waals surface area contributed by atoms with Gasteiger partial charge < -0.3 is 14.2 Å². The van der Waals surface area contributed by atoms with Crippen molar-refractivity contribution in [2.45, 2.75) is 57.7 Å². The first-order valence-corrected chi connectivity index (χ1v) is 9.54. The Kier molecular flexibility index (Phi) is 5.24. The first-order chi connectivity index (χ1) is 12.8. The van der Waals surface area contributed by atoms with Gasteiger partial charge in [0.2, 0.25) is 5.82 Å². The van der Waals surface area contributed by atoms with Crippen LogP contribution in [0.25, 0.3) is 0 Å². The molecule has 2 aliphatic rings. The second-order valence-corrected chi connectivity index (χ2v) is 7.04. The van der Waals surface area contributed by atoms with Crippen LogP contribution in [0.4, 0.5) is 0 Å². The Morgan fingerprint density at radius 3 is 3.00 bits per heavy atom. The van der Waals surface area contributed by atoms with Crippen LogP contribution in [0.1, 0.15) is 54.2 Å². The molecule has 2 aromatic rings. The summed E-state index contributed by atoms with van der Waals surface area (Å²) in [7, 11) is 0. The number of carbonyl (C=O) groups is 1. The van der Waals surface area contributed by atoms with Gasteiger partial charge in [0.15, 0.2) is 0 Å². The fourth-order valence-electron chi connectivity index (χ4n) is 3.73. The molecule has 0 bridgehead atoms. The van der Waals surface area contributed by atoms with Crippen LogP contribution in [0.3, 0.4) is 0 Å². The summed E-state index contributed by atoms with van der Waals surface area (Å²) in [5, 5.41) is 8.51. The number of aromatic nitrogens is 4. The highest BCUT2D eigenvalue weighted by atomic mass is 16.5. The van der Waals surface area contributed by atoms with Crippen LogP contribution in [0.5, 0.6) is 0 Å². The predicted octanol–water partition coefficient (Wildman–Crippen LogP) is 2.22. The van der Waals surface area contributed by atoms with Crippen molar-refractivity contribution in [2.24, 2.45) is 0 Å². The Balaban J connectivity index is 1.58. The van der Waals surface area contributed by atoms with Crippen LogP contribution in [0.15, 0.2) is 24.4 Å². The van der Waals surface area contributed by atoms with Crippen molar-refractivity contribution in [1.82, 2.24) is 24.6 Å². The largest absolute Gasteiger partial charge is 0.376 e. The van der Waals surface area contributed by atoms with Gasteiger partial charge in [0.25, 0.3) is 5.91 Å². The highest BCUT2D eigenvalue weighted by Crippen LogP contribution is 2.19. The molecule has 1 atom stereocenters. The summed E-state index contributed by atoms with van der Waals surface area (Å²) < 4.78 is 7.77. The number of amides is 1. The molecule has 1 unspecified atom stereocenters. The summed E-state index contributed by atoms with van der Waals surface area (Å²) in [6, 6.07) is 5.77. The third-order valence-corrected chi connectivity index (χ3v) is 5.12. The zero-order chi connectivity index (χ0) is 17.8. The molecule has 1 saturated heterocycles. The second-order valence-electron chi connectivity index (χ2n) is 7.04. The topological polar surface area (TPSA) is 73.1 Å². The maximum absolute atomic E-state index is 13.3. The number of hydrogen-bond acceptors (Lipinski definition) is 5. The molecule has 4 rings (SSSR count). The van der Waals surface area contributed by atoms with E-state index in [2.05, 4.69) is 15.2 Å². The van der Waals surface area contributed by atoms with Gasteiger partial charge in [0, 0.05) is 32.3 Å². The average molecular weight is 355 g/mol. The first-order valence-electron chi connectivity index (χ1n) is 9.54. The number of carbonyl (C=O) groups excluding carboxylic acids is 1. The number of fused-ring (bicyclic) bond motifs is 1. The Bertz CT molecular complexity index is 740. The van der Waals surface area contributed by atoms with Crippen LogP contribution in [-0.2, 0) is 24.2 Å². The maximum Gasteiger partial charge on any atom is 0.292 e. The monoisotopic (exact) mass is 355 g/mol. The summed E-state index contributed by atoms with van der Waals surface area (Å²) in [6.07, 6.45) is 8.14. The van der Waals surface area contributed by atoms with Gasteiger partial charge in [-0.25, -0.2) is 0 Å². The lowest BCUT2D eigenvalue weighted by Gasteiger charge is -2.25. The van der Waals surface area contributed by atoms with E-state index < -0.39 is 0 Å². The molecule has 138 valence electrons. The molecular formula is C19H25N5O2. The van der Waals surface area contributed by atoms with Gasteiger partial charge in [0.1, 0.15) is 5.82 Å². The Labute approximate surface area is 153 Å². The van der Waals surface area contributed by atoms with E-state index in [1.54, 1.807) is 6.20 Å². The quantitative estimate of drug-likeness (QED) is 0.822. The number of pyridine rings is 1. The summed E-state index contributed by atoms with van der Waals surface area (Å²) in [5.74, 6) is 1.31. The van der Waals surface area contributed by atoms with E-state index in [1.807, 2.05) is 27.7 Å². The molecule has 7 heteroatoms. The molecular weight excluding hydrogens is 330 g/mol. The van der Waals surface area contributed by atoms with Gasteiger partial charge in [-0.2, -0.15) is 0 Å². The van der Waals surface area contributed by atoms with E-state index in [0.717, 1.165) is 56.8 Å². The Morgan fingerprint density at radius 1 is 1.23 bits per heavy atom. The lowest BCUT2D eigenvalue weighted by Crippen LogP contribution is -2.38. The summed E-state index contributed by atoms with van der Waals surface area (Å²) in [4.78, 5) is 19.5. The number of ether oxygens (including phenoxy) is 1. The molecule has 0 spiro atoms. The van der Waals surface area contributed by atoms with Gasteiger partial charge in [-0.05, 0) is 37.8 Å². The molecule has 4 heterocycles. The minimum atomic E-state index is -0.0770. The molecule has 0 saturated carbocycles. The van der Waals surface area contributed by atoms with Gasteiger partial charge in [-0.1, -0.05) is 12.5 Å². The SMILES string of the molecule is O=C(c1nnc2n1CCCCC2)N(Cc1ccccn1)CC1CCCO1. The zero-order valence-electron chi connectivity index (χ0n) is 15.0. The smallest absolute Gasteiger partial charge is 0.292 e. The zero-order valence-corrected chi connectivity index (χ0v) is 15.0. The standard InChI is InChI=1S/C19H25N5O2/c25-19(18-22-21-17-9-2-1-5-11-24(17)18)23(14-16-8-6-12-26-16)13-15-7-3-4-10-20-15/h3-4,7,10,16H,1-2,5-6,8-9,11-14H2. The minimum Gasteiger partial charge on any atom is -0.376 e. The van der Waals surface area contributed by atoms with Crippen LogP contribution < -0.4 is 0 Å². The highest BCUT2D eigenvalue weighted by Gasteiger charge is 2.28. The third kappa shape index (κ3) is 3.77. The van der Waals surface area contributed by atoms with E-state index in [9.17, 15) is 4.79 Å². The van der Waals surface area contributed by atoms with Crippen molar-refractivity contribution in [3.8, 4) is 0 Å². The normalized spacial score (nSPS) is 19.8. The Morgan fingerprint density at radius 2 is 2.19 bits per heavy atom. The van der Waals surface area contributed by atoms with E-state index in [0.29, 0.717) is 18.9 Å². The second kappa shape index (κ2) is 7.95. The van der Waals surface area contributed by atoms with E-state index in [1.165, 1.54) is 6.42 Å². The summed E-state index contributed by atoms with van der Waals surface area (Å²) in [6.45, 7) is 2.62. The van der Waals surface area contributed by atoms with E-state index in [4.69, 9.17) is 4.74 Å². The lowest BCUT2D eigenvalue weighted by molar-refractivity contribution is 0.0491. The molecule has 0 aliphatic carbocycles. The third-order valence-electron chi connectivity index (χ3n) is 5.12. The molecule has 2 aromatic heterocycles. The first kappa shape index (κ1) is 17.1. The van der Waals surface area contributed by atoms with Crippen LogP contribution >= 0.6 is 0 Å². The lowest BCUT2D eigenvalue weighted by atomic mass is 10.2. The Hall–Kier alpha value is -2.28. The average Bonchev–Trinajstić information content (AvgIpc) is 3.26. The molecule has 0 N–H and O–H groups in total. The van der Waals surface area contributed by atoms with Crippen molar-refractivity contribution < 1.29 is 9.53 Å². The van der Waals surface area contributed by atoms with Gasteiger partial charge in [0.05, 0.1) is 18.3 Å². The van der Waals surface area contributed by atoms with Crippen LogP contribution in [0.2, 0.25) is 0 Å². The van der Waals surface area contributed by atoms with Crippen LogP contribution in [0, 0.1) is 0 Å². The minimum absolute atomic E-state index is 0.0770. The number of rotatable bonds is 5. The van der Waals surface area contributed by atoms with Gasteiger partial charge in [-0.15, -0.1) is 10.2 Å². The van der Waals surface area contributed by atoms with Crippen molar-refractivity contribution in [3.63, 3.8) is 0 Å². The van der Waals surface area contributed by atoms with E-state index in [-0.39, 0.29) is 12.0 Å². The highest BCUT2D eigenvalue weighted by molar-refractivity contribution is 5.90. The molecule has 0 radical (unpaired) electrons. The fourth-order valence-corrected chi connectivity index (χ4v) is 3.73. The van der Waals surface area contributed by atoms with Gasteiger partial charge >= 0.3 is 0 Å². The van der Waals surface area contributed by atoms with Gasteiger partial charge in [-0.3, -0.25) is 9.78 Å². The predicted molar refractivity (Wildman–Crippen MR) is 95.5 cm³/mol. The van der Waals surface area contributed by atoms with Crippen molar-refractivity contribution >= 4 is 5.91 Å². The number of nitrogens with zero attached hydrogens (tertiary/aromatic N) is 5. The molecule has 1 fully saturated rings. The molecule has 0 aromatic carbocycles. The molecule has 1 amide bonds. The maximum atomic E-state index is 13.3. The molecule has 7 nitrogen and oxygen atoms in total. The molecule has 2 aliphatic heterocycles. The number of aryl methyl sites for hydroxylation is 1. The van der Waals surface area contributed by atoms with Crippen LogP contribution in [-0.4, -0.2) is 49.8 Å². The fraction of sp³-hybridized carbons (Fsp3) is 0.579.